The third kappa shape index (κ3) is 4.96. The van der Waals surface area contributed by atoms with Crippen LogP contribution < -0.4 is 0 Å². The number of rotatable bonds is 2. The van der Waals surface area contributed by atoms with Crippen molar-refractivity contribution in [3.05, 3.63) is 71.8 Å². The van der Waals surface area contributed by atoms with Gasteiger partial charge in [-0.1, -0.05) is 88.4 Å². The van der Waals surface area contributed by atoms with Crippen LogP contribution in [0, 0.1) is 0 Å². The van der Waals surface area contributed by atoms with Crippen LogP contribution in [0.25, 0.3) is 0 Å². The second-order valence-corrected chi connectivity index (χ2v) is 3.06. The molecule has 0 heterocycles. The Bertz CT molecular complexity index is 376. The van der Waals surface area contributed by atoms with Crippen LogP contribution in [0.5, 0.6) is 0 Å². The first-order valence-electron chi connectivity index (χ1n) is 6.53. The Morgan fingerprint density at radius 1 is 0.611 bits per heavy atom. The maximum atomic E-state index is 11.8. The zero-order valence-corrected chi connectivity index (χ0v) is 11.7. The van der Waals surface area contributed by atoms with Crippen LogP contribution in [-0.4, -0.2) is 5.78 Å². The fourth-order valence-electron chi connectivity index (χ4n) is 1.35. The Balaban J connectivity index is 0.000000659. The number of benzene rings is 2. The van der Waals surface area contributed by atoms with Gasteiger partial charge < -0.3 is 0 Å². The lowest BCUT2D eigenvalue weighted by atomic mass is 10.0. The molecule has 0 unspecified atom stereocenters. The van der Waals surface area contributed by atoms with E-state index in [-0.39, 0.29) is 5.78 Å². The molecule has 1 nitrogen and oxygen atoms in total. The highest BCUT2D eigenvalue weighted by atomic mass is 16.1. The minimum absolute atomic E-state index is 0.0752. The standard InChI is InChI=1S/C13H10O.2C2H6/c14-13(11-7-3-1-4-8-11)12-9-5-2-6-10-12;2*1-2/h1-10H;2*1-2H3. The van der Waals surface area contributed by atoms with Gasteiger partial charge in [0.05, 0.1) is 0 Å². The Hall–Kier alpha value is -1.89. The van der Waals surface area contributed by atoms with Gasteiger partial charge in [-0.2, -0.15) is 0 Å². The molecule has 0 fully saturated rings. The first-order chi connectivity index (χ1) is 8.88. The predicted octanol–water partition coefficient (Wildman–Crippen LogP) is 4.97. The summed E-state index contributed by atoms with van der Waals surface area (Å²) in [7, 11) is 0. The van der Waals surface area contributed by atoms with Gasteiger partial charge in [-0.3, -0.25) is 4.79 Å². The molecule has 18 heavy (non-hydrogen) atoms. The van der Waals surface area contributed by atoms with E-state index in [9.17, 15) is 4.79 Å². The summed E-state index contributed by atoms with van der Waals surface area (Å²) < 4.78 is 0. The number of hydrogen-bond acceptors (Lipinski definition) is 1. The number of carbonyl (C=O) groups excluding carboxylic acids is 1. The van der Waals surface area contributed by atoms with E-state index < -0.39 is 0 Å². The van der Waals surface area contributed by atoms with Crippen molar-refractivity contribution in [2.75, 3.05) is 0 Å². The van der Waals surface area contributed by atoms with Gasteiger partial charge >= 0.3 is 0 Å². The van der Waals surface area contributed by atoms with Crippen molar-refractivity contribution in [2.45, 2.75) is 27.7 Å². The third-order valence-corrected chi connectivity index (χ3v) is 2.07. The molecule has 0 aliphatic heterocycles. The molecule has 1 heteroatoms. The van der Waals surface area contributed by atoms with Gasteiger partial charge in [-0.15, -0.1) is 0 Å². The number of carbonyl (C=O) groups is 1. The number of hydrogen-bond donors (Lipinski definition) is 0. The van der Waals surface area contributed by atoms with Crippen LogP contribution >= 0.6 is 0 Å². The van der Waals surface area contributed by atoms with Crippen LogP contribution in [0.15, 0.2) is 60.7 Å². The smallest absolute Gasteiger partial charge is 0.193 e. The van der Waals surface area contributed by atoms with Crippen LogP contribution in [0.3, 0.4) is 0 Å². The molecule has 0 saturated carbocycles. The van der Waals surface area contributed by atoms with Gasteiger partial charge in [-0.25, -0.2) is 0 Å². The van der Waals surface area contributed by atoms with E-state index in [1.807, 2.05) is 88.4 Å². The van der Waals surface area contributed by atoms with E-state index in [0.717, 1.165) is 11.1 Å². The van der Waals surface area contributed by atoms with Crippen molar-refractivity contribution in [1.82, 2.24) is 0 Å². The van der Waals surface area contributed by atoms with E-state index in [1.165, 1.54) is 0 Å². The second kappa shape index (κ2) is 10.3. The molecular formula is C17H22O. The summed E-state index contributed by atoms with van der Waals surface area (Å²) in [6.07, 6.45) is 0. The van der Waals surface area contributed by atoms with E-state index >= 15 is 0 Å². The third-order valence-electron chi connectivity index (χ3n) is 2.07. The first kappa shape index (κ1) is 16.1. The molecule has 2 aromatic rings. The molecular weight excluding hydrogens is 220 g/mol. The zero-order chi connectivity index (χ0) is 13.8. The van der Waals surface area contributed by atoms with Crippen molar-refractivity contribution in [2.24, 2.45) is 0 Å². The molecule has 0 aliphatic rings. The maximum Gasteiger partial charge on any atom is 0.193 e. The van der Waals surface area contributed by atoms with E-state index in [2.05, 4.69) is 0 Å². The second-order valence-electron chi connectivity index (χ2n) is 3.06. The van der Waals surface area contributed by atoms with Gasteiger partial charge in [0.2, 0.25) is 0 Å². The summed E-state index contributed by atoms with van der Waals surface area (Å²) in [4.78, 5) is 11.8. The predicted molar refractivity (Wildman–Crippen MR) is 79.0 cm³/mol. The minimum Gasteiger partial charge on any atom is -0.289 e. The van der Waals surface area contributed by atoms with Gasteiger partial charge in [0, 0.05) is 11.1 Å². The van der Waals surface area contributed by atoms with Crippen molar-refractivity contribution >= 4 is 5.78 Å². The molecule has 0 atom stereocenters. The summed E-state index contributed by atoms with van der Waals surface area (Å²) in [5.74, 6) is 0.0752. The molecule has 2 aromatic carbocycles. The Labute approximate surface area is 110 Å². The van der Waals surface area contributed by atoms with Crippen LogP contribution in [-0.2, 0) is 0 Å². The van der Waals surface area contributed by atoms with E-state index in [4.69, 9.17) is 0 Å². The highest BCUT2D eigenvalue weighted by Crippen LogP contribution is 2.08. The molecule has 0 radical (unpaired) electrons. The van der Waals surface area contributed by atoms with Gasteiger partial charge in [0.15, 0.2) is 5.78 Å². The van der Waals surface area contributed by atoms with Crippen molar-refractivity contribution in [1.29, 1.82) is 0 Å². The highest BCUT2D eigenvalue weighted by Gasteiger charge is 2.06. The summed E-state index contributed by atoms with van der Waals surface area (Å²) in [5, 5.41) is 0. The van der Waals surface area contributed by atoms with Crippen molar-refractivity contribution < 1.29 is 4.79 Å². The average molecular weight is 242 g/mol. The molecule has 0 aromatic heterocycles. The van der Waals surface area contributed by atoms with Crippen LogP contribution in [0.4, 0.5) is 0 Å². The fraction of sp³-hybridized carbons (Fsp3) is 0.235. The van der Waals surface area contributed by atoms with Crippen molar-refractivity contribution in [3.8, 4) is 0 Å². The first-order valence-corrected chi connectivity index (χ1v) is 6.53. The highest BCUT2D eigenvalue weighted by molar-refractivity contribution is 6.08. The topological polar surface area (TPSA) is 17.1 Å². The Kier molecular flexibility index (Phi) is 9.20. The molecule has 0 saturated heterocycles. The Morgan fingerprint density at radius 2 is 0.889 bits per heavy atom. The molecule has 0 aliphatic carbocycles. The summed E-state index contributed by atoms with van der Waals surface area (Å²) in [5.41, 5.74) is 1.47. The maximum absolute atomic E-state index is 11.8. The SMILES string of the molecule is CC.CC.O=C(c1ccccc1)c1ccccc1. The summed E-state index contributed by atoms with van der Waals surface area (Å²) in [6.45, 7) is 8.00. The quantitative estimate of drug-likeness (QED) is 0.679. The average Bonchev–Trinajstić information content (AvgIpc) is 2.52. The summed E-state index contributed by atoms with van der Waals surface area (Å²) >= 11 is 0. The zero-order valence-electron chi connectivity index (χ0n) is 11.7. The molecule has 0 N–H and O–H groups in total. The molecule has 2 rings (SSSR count). The monoisotopic (exact) mass is 242 g/mol. The lowest BCUT2D eigenvalue weighted by Crippen LogP contribution is -1.99. The van der Waals surface area contributed by atoms with Crippen LogP contribution in [0.2, 0.25) is 0 Å². The lowest BCUT2D eigenvalue weighted by molar-refractivity contribution is 0.103. The van der Waals surface area contributed by atoms with E-state index in [0.29, 0.717) is 0 Å². The molecule has 96 valence electrons. The van der Waals surface area contributed by atoms with Crippen LogP contribution in [0.1, 0.15) is 43.6 Å². The Morgan fingerprint density at radius 3 is 1.17 bits per heavy atom. The van der Waals surface area contributed by atoms with Gasteiger partial charge in [0.25, 0.3) is 0 Å². The molecule has 0 amide bonds. The van der Waals surface area contributed by atoms with Crippen molar-refractivity contribution in [3.63, 3.8) is 0 Å². The largest absolute Gasteiger partial charge is 0.289 e. The molecule has 0 bridgehead atoms. The summed E-state index contributed by atoms with van der Waals surface area (Å²) in [6, 6.07) is 18.6. The fourth-order valence-corrected chi connectivity index (χ4v) is 1.35. The van der Waals surface area contributed by atoms with Gasteiger partial charge in [-0.05, 0) is 0 Å². The minimum atomic E-state index is 0.0752. The van der Waals surface area contributed by atoms with Gasteiger partial charge in [0.1, 0.15) is 0 Å². The normalized spacial score (nSPS) is 8.22. The van der Waals surface area contributed by atoms with E-state index in [1.54, 1.807) is 0 Å². The lowest BCUT2D eigenvalue weighted by Gasteiger charge is -1.99. The molecule has 0 spiro atoms. The number of ketones is 1.